The fourth-order valence-electron chi connectivity index (χ4n) is 2.35. The molecule has 1 fully saturated rings. The molecule has 0 aliphatic carbocycles. The maximum Gasteiger partial charge on any atom is 0.329 e. The van der Waals surface area contributed by atoms with Crippen LogP contribution in [-0.2, 0) is 4.79 Å². The molecule has 7 heteroatoms. The number of aliphatic carboxylic acids is 1. The van der Waals surface area contributed by atoms with Crippen LogP contribution in [-0.4, -0.2) is 34.0 Å². The first kappa shape index (κ1) is 14.4. The fourth-order valence-corrected chi connectivity index (χ4v) is 2.35. The Morgan fingerprint density at radius 3 is 2.30 bits per heavy atom. The summed E-state index contributed by atoms with van der Waals surface area (Å²) in [6.45, 7) is 1.54. The van der Waals surface area contributed by atoms with E-state index in [1.54, 1.807) is 0 Å². The molecule has 2 rings (SSSR count). The molecule has 1 amide bonds. The van der Waals surface area contributed by atoms with Crippen molar-refractivity contribution in [2.75, 3.05) is 6.54 Å². The van der Waals surface area contributed by atoms with Crippen LogP contribution < -0.4 is 0 Å². The van der Waals surface area contributed by atoms with Gasteiger partial charge in [-0.1, -0.05) is 0 Å². The molecule has 1 aliphatic heterocycles. The quantitative estimate of drug-likeness (QED) is 0.848. The van der Waals surface area contributed by atoms with Crippen molar-refractivity contribution in [3.05, 3.63) is 35.1 Å². The number of amides is 1. The van der Waals surface area contributed by atoms with Crippen molar-refractivity contribution in [1.29, 1.82) is 0 Å². The van der Waals surface area contributed by atoms with E-state index in [0.717, 1.165) is 4.90 Å². The van der Waals surface area contributed by atoms with E-state index in [2.05, 4.69) is 0 Å². The summed E-state index contributed by atoms with van der Waals surface area (Å²) in [6, 6.07) is 1.14. The second-order valence-electron chi connectivity index (χ2n) is 4.89. The second-order valence-corrected chi connectivity index (χ2v) is 4.89. The van der Waals surface area contributed by atoms with Gasteiger partial charge in [-0.3, -0.25) is 4.79 Å². The number of carboxylic acids is 1. The number of hydrogen-bond acceptors (Lipinski definition) is 2. The monoisotopic (exact) mass is 287 g/mol. The molecule has 1 unspecified atom stereocenters. The molecule has 1 N–H and O–H groups in total. The summed E-state index contributed by atoms with van der Waals surface area (Å²) in [5, 5.41) is 9.19. The lowest BCUT2D eigenvalue weighted by atomic mass is 9.98. The molecule has 20 heavy (non-hydrogen) atoms. The van der Waals surface area contributed by atoms with E-state index in [4.69, 9.17) is 0 Å². The summed E-state index contributed by atoms with van der Waals surface area (Å²) in [4.78, 5) is 24.5. The second kappa shape index (κ2) is 4.81. The third-order valence-corrected chi connectivity index (χ3v) is 3.58. The van der Waals surface area contributed by atoms with Crippen molar-refractivity contribution in [1.82, 2.24) is 4.90 Å². The molecule has 1 heterocycles. The smallest absolute Gasteiger partial charge is 0.329 e. The van der Waals surface area contributed by atoms with E-state index in [0.29, 0.717) is 18.6 Å². The number of carbonyl (C=O) groups is 2. The van der Waals surface area contributed by atoms with Gasteiger partial charge in [-0.2, -0.15) is 0 Å². The SMILES string of the molecule is CC1(C(=O)O)CCCN1C(=O)c1cc(F)c(F)c(F)c1. The van der Waals surface area contributed by atoms with Gasteiger partial charge in [0.2, 0.25) is 0 Å². The van der Waals surface area contributed by atoms with Gasteiger partial charge in [-0.05, 0) is 31.9 Å². The van der Waals surface area contributed by atoms with Gasteiger partial charge in [0.1, 0.15) is 5.54 Å². The van der Waals surface area contributed by atoms with Gasteiger partial charge in [-0.25, -0.2) is 18.0 Å². The molecular formula is C13H12F3NO3. The molecule has 4 nitrogen and oxygen atoms in total. The van der Waals surface area contributed by atoms with Crippen molar-refractivity contribution in [3.63, 3.8) is 0 Å². The molecule has 0 aromatic heterocycles. The van der Waals surface area contributed by atoms with Crippen LogP contribution in [0.3, 0.4) is 0 Å². The standard InChI is InChI=1S/C13H12F3NO3/c1-13(12(19)20)3-2-4-17(13)11(18)7-5-8(14)10(16)9(15)6-7/h5-6H,2-4H2,1H3,(H,19,20). The van der Waals surface area contributed by atoms with Crippen molar-refractivity contribution < 1.29 is 27.9 Å². The molecule has 1 aromatic rings. The Balaban J connectivity index is 2.39. The lowest BCUT2D eigenvalue weighted by Gasteiger charge is -2.31. The number of benzene rings is 1. The number of likely N-dealkylation sites (tertiary alicyclic amines) is 1. The van der Waals surface area contributed by atoms with Gasteiger partial charge in [0, 0.05) is 12.1 Å². The van der Waals surface area contributed by atoms with Crippen molar-refractivity contribution in [3.8, 4) is 0 Å². The van der Waals surface area contributed by atoms with E-state index in [-0.39, 0.29) is 13.0 Å². The van der Waals surface area contributed by atoms with Crippen LogP contribution >= 0.6 is 0 Å². The number of hydrogen-bond donors (Lipinski definition) is 1. The summed E-state index contributed by atoms with van der Waals surface area (Å²) >= 11 is 0. The number of carboxylic acid groups (broad SMARTS) is 1. The molecule has 1 saturated heterocycles. The minimum absolute atomic E-state index is 0.169. The third-order valence-electron chi connectivity index (χ3n) is 3.58. The molecule has 0 spiro atoms. The highest BCUT2D eigenvalue weighted by molar-refractivity contribution is 5.98. The Morgan fingerprint density at radius 1 is 1.25 bits per heavy atom. The summed E-state index contributed by atoms with van der Waals surface area (Å²) in [5.74, 6) is -6.64. The minimum atomic E-state index is -1.66. The van der Waals surface area contributed by atoms with Crippen molar-refractivity contribution >= 4 is 11.9 Å². The lowest BCUT2D eigenvalue weighted by Crippen LogP contribution is -2.50. The highest BCUT2D eigenvalue weighted by atomic mass is 19.2. The first-order chi connectivity index (χ1) is 9.27. The average molecular weight is 287 g/mol. The van der Waals surface area contributed by atoms with Crippen LogP contribution in [0.1, 0.15) is 30.1 Å². The zero-order valence-electron chi connectivity index (χ0n) is 10.6. The summed E-state index contributed by atoms with van der Waals surface area (Å²) in [5.41, 5.74) is -1.82. The molecule has 0 bridgehead atoms. The highest BCUT2D eigenvalue weighted by Crippen LogP contribution is 2.31. The predicted molar refractivity (Wildman–Crippen MR) is 62.6 cm³/mol. The van der Waals surface area contributed by atoms with Gasteiger partial charge in [0.25, 0.3) is 5.91 Å². The Kier molecular flexibility index (Phi) is 3.45. The van der Waals surface area contributed by atoms with Gasteiger partial charge < -0.3 is 10.0 Å². The molecule has 1 aliphatic rings. The summed E-state index contributed by atoms with van der Waals surface area (Å²) < 4.78 is 39.1. The lowest BCUT2D eigenvalue weighted by molar-refractivity contribution is -0.147. The van der Waals surface area contributed by atoms with Gasteiger partial charge in [-0.15, -0.1) is 0 Å². The van der Waals surface area contributed by atoms with E-state index in [9.17, 15) is 27.9 Å². The topological polar surface area (TPSA) is 57.6 Å². The summed E-state index contributed by atoms with van der Waals surface area (Å²) in [7, 11) is 0. The van der Waals surface area contributed by atoms with Gasteiger partial charge in [0.05, 0.1) is 0 Å². The van der Waals surface area contributed by atoms with E-state index >= 15 is 0 Å². The van der Waals surface area contributed by atoms with Crippen molar-refractivity contribution in [2.24, 2.45) is 0 Å². The first-order valence-electron chi connectivity index (χ1n) is 5.97. The molecule has 0 saturated carbocycles. The van der Waals surface area contributed by atoms with Crippen molar-refractivity contribution in [2.45, 2.75) is 25.3 Å². The van der Waals surface area contributed by atoms with Crippen LogP contribution in [0.25, 0.3) is 0 Å². The fraction of sp³-hybridized carbons (Fsp3) is 0.385. The Morgan fingerprint density at radius 2 is 1.80 bits per heavy atom. The maximum absolute atomic E-state index is 13.1. The van der Waals surface area contributed by atoms with Crippen LogP contribution in [0, 0.1) is 17.5 Å². The van der Waals surface area contributed by atoms with E-state index < -0.39 is 40.4 Å². The zero-order valence-corrected chi connectivity index (χ0v) is 10.6. The Bertz CT molecular complexity index is 567. The van der Waals surface area contributed by atoms with E-state index in [1.165, 1.54) is 6.92 Å². The third kappa shape index (κ3) is 2.13. The molecule has 1 aromatic carbocycles. The normalized spacial score (nSPS) is 22.1. The summed E-state index contributed by atoms with van der Waals surface area (Å²) in [6.07, 6.45) is 0.723. The van der Waals surface area contributed by atoms with Crippen LogP contribution in [0.2, 0.25) is 0 Å². The Labute approximate surface area is 112 Å². The number of nitrogens with zero attached hydrogens (tertiary/aromatic N) is 1. The maximum atomic E-state index is 13.1. The average Bonchev–Trinajstić information content (AvgIpc) is 2.78. The van der Waals surface area contributed by atoms with Crippen LogP contribution in [0.4, 0.5) is 13.2 Å². The van der Waals surface area contributed by atoms with Gasteiger partial charge >= 0.3 is 5.97 Å². The minimum Gasteiger partial charge on any atom is -0.480 e. The molecule has 0 radical (unpaired) electrons. The van der Waals surface area contributed by atoms with Crippen LogP contribution in [0.15, 0.2) is 12.1 Å². The molecule has 108 valence electrons. The largest absolute Gasteiger partial charge is 0.480 e. The first-order valence-corrected chi connectivity index (χ1v) is 5.97. The van der Waals surface area contributed by atoms with E-state index in [1.807, 2.05) is 0 Å². The molecule has 1 atom stereocenters. The number of rotatable bonds is 2. The molecular weight excluding hydrogens is 275 g/mol. The predicted octanol–water partition coefficient (Wildman–Crippen LogP) is 2.18. The Hall–Kier alpha value is -2.05. The van der Waals surface area contributed by atoms with Crippen LogP contribution in [0.5, 0.6) is 0 Å². The number of halogens is 3. The van der Waals surface area contributed by atoms with Gasteiger partial charge in [0.15, 0.2) is 17.5 Å². The highest BCUT2D eigenvalue weighted by Gasteiger charge is 2.46. The zero-order chi connectivity index (χ0) is 15.1. The number of carbonyl (C=O) groups excluding carboxylic acids is 1.